The Morgan fingerprint density at radius 1 is 1.30 bits per heavy atom. The van der Waals surface area contributed by atoms with E-state index in [1.807, 2.05) is 36.2 Å². The number of benzene rings is 1. The van der Waals surface area contributed by atoms with Gasteiger partial charge in [0.25, 0.3) is 5.56 Å². The summed E-state index contributed by atoms with van der Waals surface area (Å²) < 4.78 is 15.2. The van der Waals surface area contributed by atoms with E-state index in [1.165, 1.54) is 0 Å². The van der Waals surface area contributed by atoms with Gasteiger partial charge in [-0.2, -0.15) is 0 Å². The number of hydrogen-bond donors (Lipinski definition) is 3. The van der Waals surface area contributed by atoms with E-state index >= 15 is 0 Å². The first-order chi connectivity index (χ1) is 13.8. The Balaban J connectivity index is 0.00000256. The number of hydrogen-bond acceptors (Lipinski definition) is 4. The number of rotatable bonds is 5. The van der Waals surface area contributed by atoms with Gasteiger partial charge in [-0.25, -0.2) is 9.18 Å². The van der Waals surface area contributed by atoms with Crippen LogP contribution in [0.2, 0.25) is 0 Å². The molecule has 0 amide bonds. The van der Waals surface area contributed by atoms with Crippen molar-refractivity contribution < 1.29 is 19.4 Å². The lowest BCUT2D eigenvalue weighted by atomic mass is 9.99. The van der Waals surface area contributed by atoms with Crippen molar-refractivity contribution >= 4 is 29.3 Å². The minimum atomic E-state index is -1.46. The average molecular weight is 436 g/mol. The number of aromatic amines is 1. The summed E-state index contributed by atoms with van der Waals surface area (Å²) in [4.78, 5) is 28.2. The number of H-pyrrole nitrogens is 1. The number of pyridine rings is 1. The Bertz CT molecular complexity index is 1180. The van der Waals surface area contributed by atoms with Crippen LogP contribution >= 0.6 is 12.4 Å². The first-order valence-corrected chi connectivity index (χ1v) is 9.46. The first kappa shape index (κ1) is 21.9. The quantitative estimate of drug-likeness (QED) is 0.572. The zero-order valence-electron chi connectivity index (χ0n) is 16.6. The van der Waals surface area contributed by atoms with Crippen molar-refractivity contribution in [2.75, 3.05) is 13.1 Å². The van der Waals surface area contributed by atoms with Gasteiger partial charge in [-0.05, 0) is 30.2 Å². The summed E-state index contributed by atoms with van der Waals surface area (Å²) in [6.07, 6.45) is -0.391. The Kier molecular flexibility index (Phi) is 5.92. The molecule has 3 aromatic rings. The van der Waals surface area contributed by atoms with Gasteiger partial charge in [-0.1, -0.05) is 13.0 Å². The van der Waals surface area contributed by atoms with Gasteiger partial charge in [0.2, 0.25) is 0 Å². The van der Waals surface area contributed by atoms with Crippen LogP contribution < -0.4 is 5.56 Å². The number of aryl methyl sites for hydroxylation is 1. The fraction of sp³-hybridized carbons (Fsp3) is 0.333. The van der Waals surface area contributed by atoms with Gasteiger partial charge in [0.05, 0.1) is 5.69 Å². The Morgan fingerprint density at radius 2 is 2.00 bits per heavy atom. The Labute approximate surface area is 178 Å². The second-order valence-corrected chi connectivity index (χ2v) is 7.45. The second-order valence-electron chi connectivity index (χ2n) is 7.45. The molecule has 9 heteroatoms. The van der Waals surface area contributed by atoms with Crippen LogP contribution in [0.1, 0.15) is 28.5 Å². The minimum absolute atomic E-state index is 0. The maximum Gasteiger partial charge on any atom is 0.345 e. The maximum atomic E-state index is 13.1. The molecule has 1 saturated heterocycles. The number of carbonyl (C=O) groups is 1. The molecule has 30 heavy (non-hydrogen) atoms. The predicted octanol–water partition coefficient (Wildman–Crippen LogP) is 3.08. The molecule has 0 atom stereocenters. The van der Waals surface area contributed by atoms with E-state index in [1.54, 1.807) is 6.92 Å². The minimum Gasteiger partial charge on any atom is -0.506 e. The molecule has 3 N–H and O–H groups in total. The van der Waals surface area contributed by atoms with Gasteiger partial charge in [0.15, 0.2) is 5.56 Å². The summed E-state index contributed by atoms with van der Waals surface area (Å²) in [6.45, 7) is 3.34. The van der Waals surface area contributed by atoms with Crippen molar-refractivity contribution in [2.45, 2.75) is 26.1 Å². The number of fused-ring (bicyclic) bond motifs is 1. The molecule has 1 aliphatic heterocycles. The average Bonchev–Trinajstić information content (AvgIpc) is 2.95. The van der Waals surface area contributed by atoms with Crippen molar-refractivity contribution in [1.82, 2.24) is 14.5 Å². The van der Waals surface area contributed by atoms with E-state index in [4.69, 9.17) is 0 Å². The van der Waals surface area contributed by atoms with Gasteiger partial charge in [0, 0.05) is 48.8 Å². The molecule has 1 aromatic carbocycles. The highest BCUT2D eigenvalue weighted by molar-refractivity contribution is 5.92. The summed E-state index contributed by atoms with van der Waals surface area (Å²) in [5.41, 5.74) is 2.04. The molecular weight excluding hydrogens is 413 g/mol. The Morgan fingerprint density at radius 3 is 2.60 bits per heavy atom. The van der Waals surface area contributed by atoms with E-state index < -0.39 is 29.0 Å². The lowest BCUT2D eigenvalue weighted by Gasteiger charge is -2.34. The maximum absolute atomic E-state index is 13.1. The summed E-state index contributed by atoms with van der Waals surface area (Å²) in [5, 5.41) is 20.5. The van der Waals surface area contributed by atoms with Crippen LogP contribution in [0.25, 0.3) is 22.2 Å². The van der Waals surface area contributed by atoms with Gasteiger partial charge in [-0.3, -0.25) is 9.69 Å². The van der Waals surface area contributed by atoms with E-state index in [2.05, 4.69) is 9.55 Å². The van der Waals surface area contributed by atoms with Crippen molar-refractivity contribution in [2.24, 2.45) is 7.05 Å². The second kappa shape index (κ2) is 8.12. The van der Waals surface area contributed by atoms with Gasteiger partial charge < -0.3 is 19.8 Å². The number of nitrogens with one attached hydrogen (secondary N) is 1. The third kappa shape index (κ3) is 3.57. The number of likely N-dealkylation sites (tertiary alicyclic amines) is 1. The number of aromatic carboxylic acids is 1. The third-order valence-electron chi connectivity index (χ3n) is 5.59. The van der Waals surface area contributed by atoms with E-state index in [-0.39, 0.29) is 12.4 Å². The summed E-state index contributed by atoms with van der Waals surface area (Å²) in [7, 11) is 1.96. The highest BCUT2D eigenvalue weighted by atomic mass is 35.5. The summed E-state index contributed by atoms with van der Waals surface area (Å²) in [5.74, 6) is -1.96. The number of aromatic hydroxyl groups is 1. The topological polar surface area (TPSA) is 98.6 Å². The largest absolute Gasteiger partial charge is 0.506 e. The number of alkyl halides is 1. The van der Waals surface area contributed by atoms with Crippen molar-refractivity contribution in [1.29, 1.82) is 0 Å². The van der Waals surface area contributed by atoms with E-state index in [0.29, 0.717) is 42.9 Å². The standard InChI is InChI=1S/C21H22FN3O4.ClH/c1-3-15-18(23-20(27)17(19(15)26)21(28)29)11-4-5-16-12(6-11)7-14(24(16)2)10-25-8-13(22)9-25;/h4-7,13H,3,8-10H2,1-2H3,(H,28,29)(H2,23,26,27);1H. The molecule has 7 nitrogen and oxygen atoms in total. The van der Waals surface area contributed by atoms with E-state index in [0.717, 1.165) is 16.6 Å². The smallest absolute Gasteiger partial charge is 0.345 e. The van der Waals surface area contributed by atoms with Crippen molar-refractivity contribution in [3.63, 3.8) is 0 Å². The van der Waals surface area contributed by atoms with Crippen LogP contribution in [0.3, 0.4) is 0 Å². The number of carboxylic acids is 1. The van der Waals surface area contributed by atoms with Gasteiger partial charge in [-0.15, -0.1) is 12.4 Å². The number of nitrogens with zero attached hydrogens (tertiary/aromatic N) is 2. The SMILES string of the molecule is CCc1c(-c2ccc3c(c2)cc(CN2CC(F)C2)n3C)[nH]c(=O)c(C(=O)O)c1O.Cl. The molecule has 0 unspecified atom stereocenters. The summed E-state index contributed by atoms with van der Waals surface area (Å²) >= 11 is 0. The fourth-order valence-electron chi connectivity index (χ4n) is 4.00. The van der Waals surface area contributed by atoms with Crippen LogP contribution in [0.15, 0.2) is 29.1 Å². The van der Waals surface area contributed by atoms with Crippen LogP contribution in [0.5, 0.6) is 5.75 Å². The van der Waals surface area contributed by atoms with Crippen LogP contribution in [-0.4, -0.2) is 49.9 Å². The normalized spacial score (nSPS) is 14.5. The monoisotopic (exact) mass is 435 g/mol. The van der Waals surface area contributed by atoms with E-state index in [9.17, 15) is 24.2 Å². The number of carboxylic acid groups (broad SMARTS) is 1. The molecule has 4 rings (SSSR count). The molecule has 2 aromatic heterocycles. The molecule has 1 aliphatic rings. The predicted molar refractivity (Wildman–Crippen MR) is 114 cm³/mol. The Hall–Kier alpha value is -2.84. The number of aromatic nitrogens is 2. The molecule has 3 heterocycles. The molecule has 0 bridgehead atoms. The summed E-state index contributed by atoms with van der Waals surface area (Å²) in [6, 6.07) is 7.68. The molecule has 0 saturated carbocycles. The van der Waals surface area contributed by atoms with Crippen molar-refractivity contribution in [3.8, 4) is 17.0 Å². The zero-order valence-corrected chi connectivity index (χ0v) is 17.4. The lowest BCUT2D eigenvalue weighted by molar-refractivity contribution is 0.0574. The lowest BCUT2D eigenvalue weighted by Crippen LogP contribution is -2.47. The fourth-order valence-corrected chi connectivity index (χ4v) is 4.00. The molecular formula is C21H23ClFN3O4. The highest BCUT2D eigenvalue weighted by Gasteiger charge is 2.27. The van der Waals surface area contributed by atoms with Crippen molar-refractivity contribution in [3.05, 3.63) is 51.4 Å². The molecule has 0 radical (unpaired) electrons. The molecule has 1 fully saturated rings. The number of halogens is 2. The first-order valence-electron chi connectivity index (χ1n) is 9.46. The molecule has 160 valence electrons. The third-order valence-corrected chi connectivity index (χ3v) is 5.59. The molecule has 0 spiro atoms. The van der Waals surface area contributed by atoms with Crippen LogP contribution in [-0.2, 0) is 20.0 Å². The highest BCUT2D eigenvalue weighted by Crippen LogP contribution is 2.32. The van der Waals surface area contributed by atoms with Crippen LogP contribution in [0.4, 0.5) is 4.39 Å². The zero-order chi connectivity index (χ0) is 20.9. The molecule has 0 aliphatic carbocycles. The van der Waals surface area contributed by atoms with Gasteiger partial charge >= 0.3 is 5.97 Å². The van der Waals surface area contributed by atoms with Gasteiger partial charge in [0.1, 0.15) is 11.9 Å². The van der Waals surface area contributed by atoms with Crippen LogP contribution in [0, 0.1) is 0 Å².